The van der Waals surface area contributed by atoms with Crippen molar-refractivity contribution in [2.45, 2.75) is 98.2 Å². The zero-order chi connectivity index (χ0) is 26.5. The Balaban J connectivity index is 2.32. The first-order valence-electron chi connectivity index (χ1n) is 11.9. The molecule has 3 aliphatic rings. The lowest BCUT2D eigenvalue weighted by Gasteiger charge is -2.51. The molecule has 0 unspecified atom stereocenters. The number of ether oxygens (including phenoxy) is 3. The van der Waals surface area contributed by atoms with Crippen molar-refractivity contribution in [3.8, 4) is 0 Å². The number of ketones is 1. The predicted molar refractivity (Wildman–Crippen MR) is 124 cm³/mol. The van der Waals surface area contributed by atoms with Crippen molar-refractivity contribution in [3.05, 3.63) is 22.8 Å². The van der Waals surface area contributed by atoms with Gasteiger partial charge in [0.05, 0.1) is 17.6 Å². The van der Waals surface area contributed by atoms with E-state index in [0.29, 0.717) is 16.7 Å². The smallest absolute Gasteiger partial charge is 0.303 e. The van der Waals surface area contributed by atoms with Crippen molar-refractivity contribution >= 4 is 23.7 Å². The van der Waals surface area contributed by atoms with Crippen LogP contribution >= 0.6 is 0 Å². The van der Waals surface area contributed by atoms with E-state index >= 15 is 0 Å². The minimum Gasteiger partial charge on any atom is -0.461 e. The monoisotopic (exact) mass is 492 g/mol. The van der Waals surface area contributed by atoms with Crippen molar-refractivity contribution in [2.75, 3.05) is 0 Å². The quantitative estimate of drug-likeness (QED) is 0.345. The summed E-state index contributed by atoms with van der Waals surface area (Å²) in [5, 5.41) is 22.2. The summed E-state index contributed by atoms with van der Waals surface area (Å²) in [4.78, 5) is 50.3. The molecule has 0 aliphatic heterocycles. The Labute approximate surface area is 205 Å². The fraction of sp³-hybridized carbons (Fsp3) is 0.692. The first-order valence-corrected chi connectivity index (χ1v) is 11.9. The zero-order valence-electron chi connectivity index (χ0n) is 21.4. The molecule has 0 amide bonds. The van der Waals surface area contributed by atoms with Crippen molar-refractivity contribution in [3.63, 3.8) is 0 Å². The van der Waals surface area contributed by atoms with Crippen LogP contribution in [0.3, 0.4) is 0 Å². The maximum atomic E-state index is 14.3. The van der Waals surface area contributed by atoms with E-state index in [4.69, 9.17) is 14.2 Å². The normalized spacial score (nSPS) is 38.1. The van der Waals surface area contributed by atoms with Gasteiger partial charge in [-0.1, -0.05) is 19.9 Å². The van der Waals surface area contributed by atoms with Gasteiger partial charge in [-0.2, -0.15) is 0 Å². The van der Waals surface area contributed by atoms with Crippen molar-refractivity contribution < 1.29 is 43.6 Å². The van der Waals surface area contributed by atoms with Gasteiger partial charge in [-0.25, -0.2) is 0 Å². The highest BCUT2D eigenvalue weighted by molar-refractivity contribution is 5.94. The number of aliphatic hydroxyl groups is 2. The van der Waals surface area contributed by atoms with Gasteiger partial charge < -0.3 is 24.4 Å². The van der Waals surface area contributed by atoms with Crippen LogP contribution in [0.25, 0.3) is 0 Å². The number of hydrogen-bond donors (Lipinski definition) is 2. The van der Waals surface area contributed by atoms with E-state index in [-0.39, 0.29) is 19.3 Å². The fourth-order valence-corrected chi connectivity index (χ4v) is 6.14. The Hall–Kier alpha value is -2.52. The van der Waals surface area contributed by atoms with Gasteiger partial charge in [-0.3, -0.25) is 19.2 Å². The van der Waals surface area contributed by atoms with E-state index in [9.17, 15) is 29.4 Å². The Bertz CT molecular complexity index is 991. The number of carbonyl (C=O) groups excluding carboxylic acids is 4. The maximum absolute atomic E-state index is 14.3. The molecule has 3 rings (SSSR count). The van der Waals surface area contributed by atoms with E-state index in [1.54, 1.807) is 19.9 Å². The first kappa shape index (κ1) is 27.1. The Morgan fingerprint density at radius 2 is 1.51 bits per heavy atom. The maximum Gasteiger partial charge on any atom is 0.303 e. The van der Waals surface area contributed by atoms with Gasteiger partial charge in [0.15, 0.2) is 11.9 Å². The molecule has 9 heteroatoms. The summed E-state index contributed by atoms with van der Waals surface area (Å²) in [7, 11) is 0. The SMILES string of the molecule is CC(=O)O[C@H]1C(=O)[C@@]2(C)C/C(=C\[C@H](O)[C@@H]3C[C@H](OC(C)=O)C(C)=C1C3(C)C)[C@@H](O)C[C@@H]2OC(C)=O. The van der Waals surface area contributed by atoms with Crippen LogP contribution in [-0.2, 0) is 33.4 Å². The van der Waals surface area contributed by atoms with Crippen LogP contribution in [0.1, 0.15) is 67.7 Å². The van der Waals surface area contributed by atoms with E-state index in [1.165, 1.54) is 20.8 Å². The molecule has 0 aromatic rings. The minimum absolute atomic E-state index is 0.0205. The topological polar surface area (TPSA) is 136 Å². The van der Waals surface area contributed by atoms with E-state index in [2.05, 4.69) is 0 Å². The Kier molecular flexibility index (Phi) is 7.35. The molecule has 9 nitrogen and oxygen atoms in total. The molecule has 4 bridgehead atoms. The molecule has 0 aromatic heterocycles. The van der Waals surface area contributed by atoms with Crippen LogP contribution in [-0.4, -0.2) is 64.4 Å². The first-order chi connectivity index (χ1) is 16.1. The van der Waals surface area contributed by atoms with Gasteiger partial charge in [0.25, 0.3) is 0 Å². The molecule has 1 fully saturated rings. The standard InChI is InChI=1S/C26H36O9/c1-12-20(33-13(2)27)9-17-19(31)8-16-11-26(7,21(10-18(16)30)34-14(3)28)24(32)23(35-15(4)29)22(12)25(17,5)6/h8,17-21,23,30-31H,9-11H2,1-7H3/b16-8+/t17-,18-,19-,20-,21-,23+,26-/m0/s1. The highest BCUT2D eigenvalue weighted by Crippen LogP contribution is 2.53. The zero-order valence-corrected chi connectivity index (χ0v) is 21.4. The molecule has 0 radical (unpaired) electrons. The van der Waals surface area contributed by atoms with Crippen LogP contribution in [0.5, 0.6) is 0 Å². The van der Waals surface area contributed by atoms with E-state index in [1.807, 2.05) is 13.8 Å². The molecule has 0 spiro atoms. The highest BCUT2D eigenvalue weighted by atomic mass is 16.6. The predicted octanol–water partition coefficient (Wildman–Crippen LogP) is 2.18. The molecule has 0 heterocycles. The van der Waals surface area contributed by atoms with Crippen LogP contribution in [0.2, 0.25) is 0 Å². The third-order valence-corrected chi connectivity index (χ3v) is 7.90. The molecule has 3 aliphatic carbocycles. The lowest BCUT2D eigenvalue weighted by atomic mass is 9.57. The highest BCUT2D eigenvalue weighted by Gasteiger charge is 2.57. The number of esters is 3. The summed E-state index contributed by atoms with van der Waals surface area (Å²) in [5.74, 6) is -2.78. The number of aliphatic hydroxyl groups excluding tert-OH is 2. The van der Waals surface area contributed by atoms with Gasteiger partial charge in [0.2, 0.25) is 0 Å². The van der Waals surface area contributed by atoms with Crippen LogP contribution < -0.4 is 0 Å². The summed E-state index contributed by atoms with van der Waals surface area (Å²) in [6, 6.07) is 0. The minimum atomic E-state index is -1.35. The van der Waals surface area contributed by atoms with Crippen LogP contribution in [0, 0.1) is 16.7 Å². The van der Waals surface area contributed by atoms with Crippen molar-refractivity contribution in [2.24, 2.45) is 16.7 Å². The van der Waals surface area contributed by atoms with Crippen LogP contribution in [0.4, 0.5) is 0 Å². The average Bonchev–Trinajstić information content (AvgIpc) is 2.70. The van der Waals surface area contributed by atoms with Crippen molar-refractivity contribution in [1.29, 1.82) is 0 Å². The number of fused-ring (bicyclic) bond motifs is 4. The molecular weight excluding hydrogens is 456 g/mol. The van der Waals surface area contributed by atoms with Gasteiger partial charge in [0.1, 0.15) is 12.2 Å². The third kappa shape index (κ3) is 4.93. The molecule has 1 saturated carbocycles. The fourth-order valence-electron chi connectivity index (χ4n) is 6.14. The van der Waals surface area contributed by atoms with Crippen LogP contribution in [0.15, 0.2) is 22.8 Å². The molecule has 7 atom stereocenters. The second kappa shape index (κ2) is 9.50. The lowest BCUT2D eigenvalue weighted by molar-refractivity contribution is -0.170. The number of rotatable bonds is 3. The Morgan fingerprint density at radius 3 is 2.06 bits per heavy atom. The average molecular weight is 493 g/mol. The van der Waals surface area contributed by atoms with Crippen molar-refractivity contribution in [1.82, 2.24) is 0 Å². The molecule has 2 N–H and O–H groups in total. The third-order valence-electron chi connectivity index (χ3n) is 7.90. The largest absolute Gasteiger partial charge is 0.461 e. The summed E-state index contributed by atoms with van der Waals surface area (Å²) >= 11 is 0. The van der Waals surface area contributed by atoms with E-state index < -0.39 is 71.0 Å². The summed E-state index contributed by atoms with van der Waals surface area (Å²) in [6.45, 7) is 10.8. The van der Waals surface area contributed by atoms with Gasteiger partial charge in [0, 0.05) is 33.1 Å². The number of carbonyl (C=O) groups is 4. The van der Waals surface area contributed by atoms with Gasteiger partial charge in [-0.15, -0.1) is 0 Å². The second-order valence-corrected chi connectivity index (χ2v) is 10.8. The van der Waals surface area contributed by atoms with E-state index in [0.717, 1.165) is 0 Å². The van der Waals surface area contributed by atoms with Gasteiger partial charge in [-0.05, 0) is 48.8 Å². The number of Topliss-reactive ketones (excluding diaryl/α,β-unsaturated/α-hetero) is 1. The lowest BCUT2D eigenvalue weighted by Crippen LogP contribution is -2.57. The van der Waals surface area contributed by atoms with Gasteiger partial charge >= 0.3 is 17.9 Å². The summed E-state index contributed by atoms with van der Waals surface area (Å²) in [5.41, 5.74) is -0.697. The molecule has 194 valence electrons. The summed E-state index contributed by atoms with van der Waals surface area (Å²) < 4.78 is 16.7. The number of hydrogen-bond acceptors (Lipinski definition) is 9. The molecule has 0 saturated heterocycles. The Morgan fingerprint density at radius 1 is 0.943 bits per heavy atom. The second-order valence-electron chi connectivity index (χ2n) is 10.8. The molecule has 35 heavy (non-hydrogen) atoms. The molecular formula is C26H36O9. The summed E-state index contributed by atoms with van der Waals surface area (Å²) in [6.07, 6.45) is -3.29. The molecule has 0 aromatic carbocycles.